The van der Waals surface area contributed by atoms with Crippen LogP contribution >= 0.6 is 0 Å². The molecule has 1 atom stereocenters. The van der Waals surface area contributed by atoms with E-state index in [9.17, 15) is 0 Å². The number of rotatable bonds is 6. The molecule has 0 amide bonds. The largest absolute Gasteiger partial charge is 0.497 e. The predicted octanol–water partition coefficient (Wildman–Crippen LogP) is 3.30. The molecule has 1 aromatic heterocycles. The van der Waals surface area contributed by atoms with Gasteiger partial charge in [0.05, 0.1) is 26.5 Å². The number of ether oxygens (including phenoxy) is 2. The predicted molar refractivity (Wildman–Crippen MR) is 78.5 cm³/mol. The summed E-state index contributed by atoms with van der Waals surface area (Å²) < 4.78 is 16.4. The van der Waals surface area contributed by atoms with Crippen LogP contribution in [0.15, 0.2) is 34.9 Å². The fourth-order valence-corrected chi connectivity index (χ4v) is 2.29. The smallest absolute Gasteiger partial charge is 0.128 e. The van der Waals surface area contributed by atoms with Crippen LogP contribution in [-0.4, -0.2) is 20.8 Å². The summed E-state index contributed by atoms with van der Waals surface area (Å²) in [4.78, 5) is 0. The second-order valence-electron chi connectivity index (χ2n) is 4.57. The maximum atomic E-state index is 5.65. The van der Waals surface area contributed by atoms with Gasteiger partial charge in [-0.25, -0.2) is 0 Å². The maximum Gasteiger partial charge on any atom is 0.128 e. The van der Waals surface area contributed by atoms with Crippen molar-refractivity contribution in [3.05, 3.63) is 47.4 Å². The first-order valence-electron chi connectivity index (χ1n) is 6.70. The fourth-order valence-electron chi connectivity index (χ4n) is 2.29. The van der Waals surface area contributed by atoms with Gasteiger partial charge in [0.15, 0.2) is 0 Å². The van der Waals surface area contributed by atoms with Gasteiger partial charge in [0.1, 0.15) is 17.3 Å². The molecule has 0 aliphatic heterocycles. The van der Waals surface area contributed by atoms with Crippen molar-refractivity contribution in [3.8, 4) is 11.5 Å². The zero-order chi connectivity index (χ0) is 14.5. The molecule has 4 nitrogen and oxygen atoms in total. The van der Waals surface area contributed by atoms with E-state index in [2.05, 4.69) is 12.2 Å². The van der Waals surface area contributed by atoms with Crippen LogP contribution in [0, 0.1) is 6.92 Å². The zero-order valence-electron chi connectivity index (χ0n) is 12.4. The summed E-state index contributed by atoms with van der Waals surface area (Å²) in [5.41, 5.74) is 2.12. The third kappa shape index (κ3) is 2.80. The van der Waals surface area contributed by atoms with Crippen molar-refractivity contribution in [2.45, 2.75) is 19.9 Å². The summed E-state index contributed by atoms with van der Waals surface area (Å²) in [7, 11) is 3.33. The van der Waals surface area contributed by atoms with Crippen molar-refractivity contribution in [2.75, 3.05) is 20.8 Å². The zero-order valence-corrected chi connectivity index (χ0v) is 12.4. The highest BCUT2D eigenvalue weighted by atomic mass is 16.5. The lowest BCUT2D eigenvalue weighted by Gasteiger charge is -2.20. The molecule has 0 saturated carbocycles. The molecule has 0 aliphatic carbocycles. The standard InChI is InChI=1S/C16H21NO3/c1-5-17-15(16-11(2)8-9-20-16)13-10-12(18-3)6-7-14(13)19-4/h6-10,15,17H,5H2,1-4H3. The van der Waals surface area contributed by atoms with Gasteiger partial charge in [0.25, 0.3) is 0 Å². The molecule has 2 aromatic rings. The Morgan fingerprint density at radius 1 is 1.20 bits per heavy atom. The lowest BCUT2D eigenvalue weighted by atomic mass is 10.0. The Morgan fingerprint density at radius 3 is 2.55 bits per heavy atom. The highest BCUT2D eigenvalue weighted by Crippen LogP contribution is 2.34. The van der Waals surface area contributed by atoms with Crippen LogP contribution < -0.4 is 14.8 Å². The minimum atomic E-state index is -0.0555. The molecule has 20 heavy (non-hydrogen) atoms. The average molecular weight is 275 g/mol. The minimum absolute atomic E-state index is 0.0555. The number of benzene rings is 1. The van der Waals surface area contributed by atoms with Crippen molar-refractivity contribution < 1.29 is 13.9 Å². The van der Waals surface area contributed by atoms with E-state index in [1.54, 1.807) is 20.5 Å². The van der Waals surface area contributed by atoms with E-state index in [0.717, 1.165) is 34.9 Å². The first-order chi connectivity index (χ1) is 9.71. The first kappa shape index (κ1) is 14.5. The molecule has 1 N–H and O–H groups in total. The lowest BCUT2D eigenvalue weighted by Crippen LogP contribution is -2.22. The Morgan fingerprint density at radius 2 is 2.00 bits per heavy atom. The van der Waals surface area contributed by atoms with E-state index in [4.69, 9.17) is 13.9 Å². The summed E-state index contributed by atoms with van der Waals surface area (Å²) in [6.45, 7) is 4.93. The fraction of sp³-hybridized carbons (Fsp3) is 0.375. The third-order valence-electron chi connectivity index (χ3n) is 3.32. The van der Waals surface area contributed by atoms with Crippen LogP contribution in [0.25, 0.3) is 0 Å². The average Bonchev–Trinajstić information content (AvgIpc) is 2.90. The molecule has 1 unspecified atom stereocenters. The van der Waals surface area contributed by atoms with Crippen molar-refractivity contribution in [1.82, 2.24) is 5.32 Å². The normalized spacial score (nSPS) is 12.2. The summed E-state index contributed by atoms with van der Waals surface area (Å²) >= 11 is 0. The molecule has 0 saturated heterocycles. The molecule has 0 fully saturated rings. The Kier molecular flexibility index (Phi) is 4.69. The highest BCUT2D eigenvalue weighted by molar-refractivity contribution is 5.45. The van der Waals surface area contributed by atoms with Crippen LogP contribution in [0.2, 0.25) is 0 Å². The van der Waals surface area contributed by atoms with Crippen LogP contribution in [-0.2, 0) is 0 Å². The van der Waals surface area contributed by atoms with Crippen molar-refractivity contribution in [3.63, 3.8) is 0 Å². The van der Waals surface area contributed by atoms with Gasteiger partial charge in [0, 0.05) is 5.56 Å². The molecule has 0 bridgehead atoms. The Balaban J connectivity index is 2.50. The molecule has 1 aromatic carbocycles. The highest BCUT2D eigenvalue weighted by Gasteiger charge is 2.22. The molecule has 0 spiro atoms. The topological polar surface area (TPSA) is 43.6 Å². The molecule has 2 rings (SSSR count). The van der Waals surface area contributed by atoms with E-state index in [0.29, 0.717) is 0 Å². The van der Waals surface area contributed by atoms with E-state index in [1.807, 2.05) is 31.2 Å². The van der Waals surface area contributed by atoms with Crippen LogP contribution in [0.3, 0.4) is 0 Å². The van der Waals surface area contributed by atoms with E-state index in [-0.39, 0.29) is 6.04 Å². The minimum Gasteiger partial charge on any atom is -0.497 e. The lowest BCUT2D eigenvalue weighted by molar-refractivity contribution is 0.385. The monoisotopic (exact) mass is 275 g/mol. The number of hydrogen-bond acceptors (Lipinski definition) is 4. The summed E-state index contributed by atoms with van der Waals surface area (Å²) in [5.74, 6) is 2.51. The molecule has 108 valence electrons. The van der Waals surface area contributed by atoms with E-state index in [1.165, 1.54) is 0 Å². The van der Waals surface area contributed by atoms with Gasteiger partial charge in [-0.1, -0.05) is 6.92 Å². The number of nitrogens with one attached hydrogen (secondary N) is 1. The van der Waals surface area contributed by atoms with Crippen molar-refractivity contribution in [1.29, 1.82) is 0 Å². The van der Waals surface area contributed by atoms with Gasteiger partial charge in [-0.05, 0) is 43.3 Å². The molecular weight excluding hydrogens is 254 g/mol. The van der Waals surface area contributed by atoms with Crippen LogP contribution in [0.5, 0.6) is 11.5 Å². The quantitative estimate of drug-likeness (QED) is 0.878. The molecular formula is C16H21NO3. The van der Waals surface area contributed by atoms with Gasteiger partial charge >= 0.3 is 0 Å². The summed E-state index contributed by atoms with van der Waals surface area (Å²) in [6, 6.07) is 7.69. The first-order valence-corrected chi connectivity index (χ1v) is 6.70. The van der Waals surface area contributed by atoms with E-state index >= 15 is 0 Å². The third-order valence-corrected chi connectivity index (χ3v) is 3.32. The van der Waals surface area contributed by atoms with Gasteiger partial charge < -0.3 is 19.2 Å². The van der Waals surface area contributed by atoms with E-state index < -0.39 is 0 Å². The number of aryl methyl sites for hydroxylation is 1. The van der Waals surface area contributed by atoms with Crippen LogP contribution in [0.4, 0.5) is 0 Å². The number of hydrogen-bond donors (Lipinski definition) is 1. The second-order valence-corrected chi connectivity index (χ2v) is 4.57. The molecule has 0 radical (unpaired) electrons. The van der Waals surface area contributed by atoms with Gasteiger partial charge in [-0.15, -0.1) is 0 Å². The number of furan rings is 1. The Labute approximate surface area is 119 Å². The van der Waals surface area contributed by atoms with Gasteiger partial charge in [-0.2, -0.15) is 0 Å². The number of methoxy groups -OCH3 is 2. The van der Waals surface area contributed by atoms with Gasteiger partial charge in [0.2, 0.25) is 0 Å². The maximum absolute atomic E-state index is 5.65. The molecule has 4 heteroatoms. The Hall–Kier alpha value is -1.94. The second kappa shape index (κ2) is 6.48. The SMILES string of the molecule is CCNC(c1cc(OC)ccc1OC)c1occc1C. The Bertz CT molecular complexity index is 563. The summed E-state index contributed by atoms with van der Waals surface area (Å²) in [5, 5.41) is 3.44. The van der Waals surface area contributed by atoms with Crippen molar-refractivity contribution in [2.24, 2.45) is 0 Å². The molecule has 1 heterocycles. The summed E-state index contributed by atoms with van der Waals surface area (Å²) in [6.07, 6.45) is 1.71. The van der Waals surface area contributed by atoms with Crippen LogP contribution in [0.1, 0.15) is 29.9 Å². The molecule has 0 aliphatic rings. The van der Waals surface area contributed by atoms with Crippen molar-refractivity contribution >= 4 is 0 Å². The van der Waals surface area contributed by atoms with Gasteiger partial charge in [-0.3, -0.25) is 0 Å².